The maximum absolute atomic E-state index is 11.2. The first kappa shape index (κ1) is 14.5. The quantitative estimate of drug-likeness (QED) is 0.441. The molecule has 0 fully saturated rings. The summed E-state index contributed by atoms with van der Waals surface area (Å²) in [6, 6.07) is 3.93. The van der Waals surface area contributed by atoms with Crippen LogP contribution in [0.1, 0.15) is 23.6 Å². The fourth-order valence-corrected chi connectivity index (χ4v) is 1.45. The van der Waals surface area contributed by atoms with Crippen LogP contribution >= 0.6 is 0 Å². The van der Waals surface area contributed by atoms with Crippen molar-refractivity contribution < 1.29 is 14.3 Å². The van der Waals surface area contributed by atoms with Crippen LogP contribution in [-0.4, -0.2) is 19.2 Å². The Morgan fingerprint density at radius 1 is 1.22 bits per heavy atom. The molecule has 1 aromatic rings. The Kier molecular flexibility index (Phi) is 5.10. The molecule has 0 aliphatic carbocycles. The monoisotopic (exact) mass is 248 g/mol. The third-order valence-electron chi connectivity index (χ3n) is 2.92. The van der Waals surface area contributed by atoms with Gasteiger partial charge in [-0.15, -0.1) is 0 Å². The largest absolute Gasteiger partial charge is 0.468 e. The molecule has 0 spiro atoms. The summed E-state index contributed by atoms with van der Waals surface area (Å²) in [5, 5.41) is 0. The minimum atomic E-state index is -0.102. The van der Waals surface area contributed by atoms with Crippen molar-refractivity contribution >= 4 is 5.78 Å². The van der Waals surface area contributed by atoms with Gasteiger partial charge in [0.2, 0.25) is 0 Å². The highest BCUT2D eigenvalue weighted by atomic mass is 16.7. The van der Waals surface area contributed by atoms with Crippen molar-refractivity contribution in [3.63, 3.8) is 0 Å². The van der Waals surface area contributed by atoms with Crippen LogP contribution in [0, 0.1) is 20.8 Å². The zero-order chi connectivity index (χ0) is 13.7. The van der Waals surface area contributed by atoms with Crippen LogP contribution in [-0.2, 0) is 9.53 Å². The molecule has 0 saturated heterocycles. The lowest BCUT2D eigenvalue weighted by Gasteiger charge is -2.11. The van der Waals surface area contributed by atoms with Crippen LogP contribution < -0.4 is 4.74 Å². The number of benzene rings is 1. The van der Waals surface area contributed by atoms with E-state index in [9.17, 15) is 4.79 Å². The predicted octanol–water partition coefficient (Wildman–Crippen LogP) is 3.11. The maximum Gasteiger partial charge on any atom is 0.189 e. The molecule has 0 atom stereocenters. The molecule has 0 unspecified atom stereocenters. The molecule has 18 heavy (non-hydrogen) atoms. The van der Waals surface area contributed by atoms with Crippen molar-refractivity contribution in [3.8, 4) is 5.75 Å². The van der Waals surface area contributed by atoms with E-state index in [0.29, 0.717) is 5.57 Å². The van der Waals surface area contributed by atoms with Gasteiger partial charge in [-0.25, -0.2) is 0 Å². The summed E-state index contributed by atoms with van der Waals surface area (Å²) in [6.45, 7) is 11.5. The summed E-state index contributed by atoms with van der Waals surface area (Å²) >= 11 is 0. The van der Waals surface area contributed by atoms with Gasteiger partial charge in [0, 0.05) is 0 Å². The van der Waals surface area contributed by atoms with E-state index in [1.807, 2.05) is 26.0 Å². The van der Waals surface area contributed by atoms with Gasteiger partial charge in [-0.1, -0.05) is 6.58 Å². The molecule has 0 aliphatic rings. The van der Waals surface area contributed by atoms with Crippen LogP contribution in [0.4, 0.5) is 0 Å². The Labute approximate surface area is 108 Å². The molecular weight excluding hydrogens is 228 g/mol. The second-order valence-corrected chi connectivity index (χ2v) is 4.50. The number of ketones is 1. The van der Waals surface area contributed by atoms with Crippen LogP contribution in [0.25, 0.3) is 0 Å². The summed E-state index contributed by atoms with van der Waals surface area (Å²) in [4.78, 5) is 11.2. The number of hydrogen-bond donors (Lipinski definition) is 0. The maximum atomic E-state index is 11.2. The molecule has 3 nitrogen and oxygen atoms in total. The molecule has 0 heterocycles. The van der Waals surface area contributed by atoms with Gasteiger partial charge in [0.15, 0.2) is 12.6 Å². The lowest BCUT2D eigenvalue weighted by atomic mass is 10.0. The van der Waals surface area contributed by atoms with Crippen molar-refractivity contribution in [3.05, 3.63) is 41.0 Å². The smallest absolute Gasteiger partial charge is 0.189 e. The summed E-state index contributed by atoms with van der Waals surface area (Å²) in [5.41, 5.74) is 4.13. The van der Waals surface area contributed by atoms with Crippen molar-refractivity contribution in [2.75, 3.05) is 13.4 Å². The average molecular weight is 248 g/mol. The van der Waals surface area contributed by atoms with Gasteiger partial charge in [-0.05, 0) is 62.1 Å². The topological polar surface area (TPSA) is 35.5 Å². The highest BCUT2D eigenvalue weighted by molar-refractivity contribution is 5.95. The molecule has 1 rings (SSSR count). The molecule has 0 saturated carbocycles. The summed E-state index contributed by atoms with van der Waals surface area (Å²) < 4.78 is 10.6. The molecule has 3 heteroatoms. The van der Waals surface area contributed by atoms with Gasteiger partial charge in [0.25, 0.3) is 0 Å². The highest BCUT2D eigenvalue weighted by Crippen LogP contribution is 2.20. The number of hydrogen-bond acceptors (Lipinski definition) is 3. The molecule has 0 radical (unpaired) electrons. The van der Waals surface area contributed by atoms with Gasteiger partial charge >= 0.3 is 0 Å². The highest BCUT2D eigenvalue weighted by Gasteiger charge is 2.04. The SMILES string of the molecule is C=C(C)C(=O)COCOc1cc(C)c(C)c(C)c1. The van der Waals surface area contributed by atoms with E-state index in [-0.39, 0.29) is 19.2 Å². The Hall–Kier alpha value is -1.61. The van der Waals surface area contributed by atoms with Crippen molar-refractivity contribution in [2.45, 2.75) is 27.7 Å². The van der Waals surface area contributed by atoms with E-state index in [1.165, 1.54) is 16.7 Å². The molecular formula is C15H20O3. The van der Waals surface area contributed by atoms with Crippen LogP contribution in [0.15, 0.2) is 24.3 Å². The van der Waals surface area contributed by atoms with E-state index in [0.717, 1.165) is 5.75 Å². The van der Waals surface area contributed by atoms with Crippen LogP contribution in [0.2, 0.25) is 0 Å². The number of carbonyl (C=O) groups is 1. The fourth-order valence-electron chi connectivity index (χ4n) is 1.45. The van der Waals surface area contributed by atoms with Gasteiger partial charge in [-0.2, -0.15) is 0 Å². The molecule has 0 aliphatic heterocycles. The fraction of sp³-hybridized carbons (Fsp3) is 0.400. The molecule has 1 aromatic carbocycles. The molecule has 0 N–H and O–H groups in total. The second-order valence-electron chi connectivity index (χ2n) is 4.50. The van der Waals surface area contributed by atoms with E-state index >= 15 is 0 Å². The van der Waals surface area contributed by atoms with Crippen LogP contribution in [0.5, 0.6) is 5.75 Å². The van der Waals surface area contributed by atoms with E-state index in [1.54, 1.807) is 6.92 Å². The normalized spacial score (nSPS) is 10.2. The first-order valence-corrected chi connectivity index (χ1v) is 5.89. The molecule has 98 valence electrons. The zero-order valence-electron chi connectivity index (χ0n) is 11.5. The van der Waals surface area contributed by atoms with Gasteiger partial charge < -0.3 is 9.47 Å². The van der Waals surface area contributed by atoms with Crippen molar-refractivity contribution in [1.29, 1.82) is 0 Å². The Morgan fingerprint density at radius 3 is 2.28 bits per heavy atom. The van der Waals surface area contributed by atoms with E-state index in [4.69, 9.17) is 9.47 Å². The minimum absolute atomic E-state index is 0.0131. The average Bonchev–Trinajstić information content (AvgIpc) is 2.31. The summed E-state index contributed by atoms with van der Waals surface area (Å²) in [5.74, 6) is 0.660. The standard InChI is InChI=1S/C15H20O3/c1-10(2)15(16)8-17-9-18-14-6-11(3)13(5)12(4)7-14/h6-7H,1,8-9H2,2-5H3. The van der Waals surface area contributed by atoms with Crippen molar-refractivity contribution in [2.24, 2.45) is 0 Å². The first-order chi connectivity index (χ1) is 8.41. The van der Waals surface area contributed by atoms with Gasteiger partial charge in [0.05, 0.1) is 0 Å². The lowest BCUT2D eigenvalue weighted by molar-refractivity contribution is -0.122. The summed E-state index contributed by atoms with van der Waals surface area (Å²) in [7, 11) is 0. The van der Waals surface area contributed by atoms with E-state index < -0.39 is 0 Å². The minimum Gasteiger partial charge on any atom is -0.468 e. The summed E-state index contributed by atoms with van der Waals surface area (Å²) in [6.07, 6.45) is 0. The lowest BCUT2D eigenvalue weighted by Crippen LogP contribution is -2.12. The number of ether oxygens (including phenoxy) is 2. The second kappa shape index (κ2) is 6.36. The Balaban J connectivity index is 2.45. The van der Waals surface area contributed by atoms with E-state index in [2.05, 4.69) is 13.5 Å². The Bertz CT molecular complexity index is 438. The first-order valence-electron chi connectivity index (χ1n) is 5.89. The van der Waals surface area contributed by atoms with Gasteiger partial charge in [0.1, 0.15) is 12.4 Å². The van der Waals surface area contributed by atoms with Gasteiger partial charge in [-0.3, -0.25) is 4.79 Å². The number of Topliss-reactive ketones (excluding diaryl/α,β-unsaturated/α-hetero) is 1. The zero-order valence-corrected chi connectivity index (χ0v) is 11.5. The molecule has 0 aromatic heterocycles. The molecule has 0 bridgehead atoms. The number of rotatable bonds is 6. The van der Waals surface area contributed by atoms with Crippen LogP contribution in [0.3, 0.4) is 0 Å². The third-order valence-corrected chi connectivity index (χ3v) is 2.92. The predicted molar refractivity (Wildman–Crippen MR) is 71.9 cm³/mol. The van der Waals surface area contributed by atoms with Crippen molar-refractivity contribution in [1.82, 2.24) is 0 Å². The number of carbonyl (C=O) groups excluding carboxylic acids is 1. The Morgan fingerprint density at radius 2 is 1.78 bits per heavy atom. The third kappa shape index (κ3) is 4.00. The molecule has 0 amide bonds. The number of aryl methyl sites for hydroxylation is 2.